The van der Waals surface area contributed by atoms with Crippen LogP contribution in [-0.4, -0.2) is 39.1 Å². The van der Waals surface area contributed by atoms with Crippen molar-refractivity contribution < 1.29 is 0 Å². The van der Waals surface area contributed by atoms with Crippen LogP contribution in [0.2, 0.25) is 0 Å². The predicted molar refractivity (Wildman–Crippen MR) is 111 cm³/mol. The average Bonchev–Trinajstić information content (AvgIpc) is 3.04. The zero-order valence-corrected chi connectivity index (χ0v) is 16.1. The third kappa shape index (κ3) is 3.49. The first kappa shape index (κ1) is 17.8. The summed E-state index contributed by atoms with van der Waals surface area (Å²) in [4.78, 5) is 6.80. The normalized spacial score (nSPS) is 16.4. The van der Waals surface area contributed by atoms with Crippen molar-refractivity contribution in [1.29, 1.82) is 0 Å². The van der Waals surface area contributed by atoms with Gasteiger partial charge in [0.25, 0.3) is 0 Å². The van der Waals surface area contributed by atoms with Crippen LogP contribution in [0.5, 0.6) is 0 Å². The molecule has 0 atom stereocenters. The molecule has 3 heterocycles. The van der Waals surface area contributed by atoms with Crippen LogP contribution in [0.15, 0.2) is 36.7 Å². The Bertz CT molecular complexity index is 920. The highest BCUT2D eigenvalue weighted by atomic mass is 15.3. The molecule has 0 saturated carbocycles. The molecular weight excluding hydrogens is 336 g/mol. The van der Waals surface area contributed by atoms with Crippen LogP contribution in [0.25, 0.3) is 16.6 Å². The third-order valence-electron chi connectivity index (χ3n) is 5.46. The van der Waals surface area contributed by atoms with Crippen molar-refractivity contribution in [3.8, 4) is 11.1 Å². The van der Waals surface area contributed by atoms with Crippen LogP contribution in [0, 0.1) is 5.92 Å². The van der Waals surface area contributed by atoms with Crippen LogP contribution in [-0.2, 0) is 0 Å². The lowest BCUT2D eigenvalue weighted by atomic mass is 9.92. The van der Waals surface area contributed by atoms with Gasteiger partial charge in [-0.1, -0.05) is 26.0 Å². The lowest BCUT2D eigenvalue weighted by Crippen LogP contribution is -2.35. The second kappa shape index (κ2) is 7.19. The van der Waals surface area contributed by atoms with Gasteiger partial charge in [0.15, 0.2) is 5.82 Å². The molecule has 4 rings (SSSR count). The molecule has 0 aliphatic carbocycles. The largest absolute Gasteiger partial charge is 0.399 e. The lowest BCUT2D eigenvalue weighted by Gasteiger charge is -2.32. The molecule has 1 fully saturated rings. The monoisotopic (exact) mass is 364 g/mol. The lowest BCUT2D eigenvalue weighted by molar-refractivity contribution is 0.190. The Hall–Kier alpha value is -2.60. The smallest absolute Gasteiger partial charge is 0.151 e. The number of likely N-dealkylation sites (tertiary alicyclic amines) is 1. The Balaban J connectivity index is 1.70. The van der Waals surface area contributed by atoms with E-state index in [-0.39, 0.29) is 0 Å². The molecule has 1 aliphatic rings. The van der Waals surface area contributed by atoms with E-state index in [2.05, 4.69) is 34.9 Å². The molecule has 0 unspecified atom stereocenters. The third-order valence-corrected chi connectivity index (χ3v) is 5.46. The van der Waals surface area contributed by atoms with Gasteiger partial charge in [0.1, 0.15) is 11.8 Å². The number of anilines is 2. The molecule has 3 aromatic rings. The van der Waals surface area contributed by atoms with Gasteiger partial charge in [0.2, 0.25) is 0 Å². The van der Waals surface area contributed by atoms with E-state index in [4.69, 9.17) is 11.5 Å². The van der Waals surface area contributed by atoms with Gasteiger partial charge in [-0.15, -0.1) is 0 Å². The highest BCUT2D eigenvalue weighted by Gasteiger charge is 2.26. The minimum atomic E-state index is 0.484. The number of rotatable bonds is 4. The standard InChI is InChI=1S/C21H28N6/c1-14(2)12-26-9-7-16(8-10-26)19-11-18(15-3-5-17(22)6-4-15)20-21(23)24-13-25-27(19)20/h3-6,11,13-14,16H,7-10,12,22H2,1-2H3,(H2,23,24,25). The number of nitrogens with two attached hydrogens (primary N) is 2. The van der Waals surface area contributed by atoms with Crippen molar-refractivity contribution in [3.05, 3.63) is 42.4 Å². The summed E-state index contributed by atoms with van der Waals surface area (Å²) in [6.45, 7) is 8.01. The highest BCUT2D eigenvalue weighted by molar-refractivity contribution is 5.88. The fourth-order valence-electron chi connectivity index (χ4n) is 4.19. The Kier molecular flexibility index (Phi) is 4.74. The van der Waals surface area contributed by atoms with Crippen molar-refractivity contribution in [2.24, 2.45) is 5.92 Å². The maximum absolute atomic E-state index is 6.24. The Morgan fingerprint density at radius 1 is 1.11 bits per heavy atom. The molecule has 27 heavy (non-hydrogen) atoms. The van der Waals surface area contributed by atoms with Crippen LogP contribution in [0.3, 0.4) is 0 Å². The number of nitrogen functional groups attached to an aromatic ring is 2. The second-order valence-electron chi connectivity index (χ2n) is 7.98. The first-order chi connectivity index (χ1) is 13.0. The minimum absolute atomic E-state index is 0.484. The molecule has 6 heteroatoms. The predicted octanol–water partition coefficient (Wildman–Crippen LogP) is 3.40. The van der Waals surface area contributed by atoms with E-state index in [1.165, 1.54) is 12.2 Å². The Morgan fingerprint density at radius 3 is 2.48 bits per heavy atom. The number of piperidine rings is 1. The van der Waals surface area contributed by atoms with Crippen molar-refractivity contribution >= 4 is 17.0 Å². The summed E-state index contributed by atoms with van der Waals surface area (Å²) in [7, 11) is 0. The van der Waals surface area contributed by atoms with Crippen molar-refractivity contribution in [2.75, 3.05) is 31.1 Å². The molecule has 6 nitrogen and oxygen atoms in total. The molecule has 0 radical (unpaired) electrons. The molecular formula is C21H28N6. The number of hydrogen-bond acceptors (Lipinski definition) is 5. The highest BCUT2D eigenvalue weighted by Crippen LogP contribution is 2.36. The Morgan fingerprint density at radius 2 is 1.81 bits per heavy atom. The van der Waals surface area contributed by atoms with Gasteiger partial charge in [0, 0.05) is 29.4 Å². The molecule has 1 saturated heterocycles. The van der Waals surface area contributed by atoms with Crippen LogP contribution >= 0.6 is 0 Å². The summed E-state index contributed by atoms with van der Waals surface area (Å²) in [5.41, 5.74) is 17.1. The molecule has 142 valence electrons. The minimum Gasteiger partial charge on any atom is -0.399 e. The topological polar surface area (TPSA) is 85.5 Å². The molecule has 1 aliphatic heterocycles. The number of fused-ring (bicyclic) bond motifs is 1. The van der Waals surface area contributed by atoms with E-state index in [0.717, 1.165) is 48.3 Å². The zero-order valence-electron chi connectivity index (χ0n) is 16.1. The molecule has 0 amide bonds. The molecule has 0 spiro atoms. The maximum atomic E-state index is 6.24. The number of aromatic nitrogens is 3. The number of benzene rings is 1. The fourth-order valence-corrected chi connectivity index (χ4v) is 4.19. The van der Waals surface area contributed by atoms with E-state index in [9.17, 15) is 0 Å². The molecule has 4 N–H and O–H groups in total. The van der Waals surface area contributed by atoms with Crippen molar-refractivity contribution in [1.82, 2.24) is 19.5 Å². The van der Waals surface area contributed by atoms with E-state index < -0.39 is 0 Å². The van der Waals surface area contributed by atoms with Gasteiger partial charge >= 0.3 is 0 Å². The van der Waals surface area contributed by atoms with Gasteiger partial charge in [-0.05, 0) is 55.6 Å². The van der Waals surface area contributed by atoms with Gasteiger partial charge in [-0.2, -0.15) is 5.10 Å². The fraction of sp³-hybridized carbons (Fsp3) is 0.429. The first-order valence-electron chi connectivity index (χ1n) is 9.73. The first-order valence-corrected chi connectivity index (χ1v) is 9.73. The number of hydrogen-bond donors (Lipinski definition) is 2. The van der Waals surface area contributed by atoms with Crippen molar-refractivity contribution in [2.45, 2.75) is 32.6 Å². The average molecular weight is 364 g/mol. The van der Waals surface area contributed by atoms with Gasteiger partial charge in [-0.25, -0.2) is 9.50 Å². The summed E-state index contributed by atoms with van der Waals surface area (Å²) < 4.78 is 2.00. The van der Waals surface area contributed by atoms with E-state index in [1.54, 1.807) is 6.33 Å². The summed E-state index contributed by atoms with van der Waals surface area (Å²) in [6, 6.07) is 10.2. The summed E-state index contributed by atoms with van der Waals surface area (Å²) in [5.74, 6) is 1.71. The summed E-state index contributed by atoms with van der Waals surface area (Å²) in [5, 5.41) is 4.54. The van der Waals surface area contributed by atoms with Gasteiger partial charge in [-0.3, -0.25) is 0 Å². The van der Waals surface area contributed by atoms with Crippen LogP contribution in [0.1, 0.15) is 38.3 Å². The summed E-state index contributed by atoms with van der Waals surface area (Å²) in [6.07, 6.45) is 3.83. The van der Waals surface area contributed by atoms with Crippen LogP contribution < -0.4 is 11.5 Å². The molecule has 2 aromatic heterocycles. The quantitative estimate of drug-likeness (QED) is 0.693. The van der Waals surface area contributed by atoms with Crippen LogP contribution in [0.4, 0.5) is 11.5 Å². The second-order valence-corrected chi connectivity index (χ2v) is 7.98. The maximum Gasteiger partial charge on any atom is 0.151 e. The van der Waals surface area contributed by atoms with E-state index >= 15 is 0 Å². The summed E-state index contributed by atoms with van der Waals surface area (Å²) >= 11 is 0. The Labute approximate surface area is 160 Å². The van der Waals surface area contributed by atoms with Gasteiger partial charge in [0.05, 0.1) is 0 Å². The molecule has 0 bridgehead atoms. The zero-order chi connectivity index (χ0) is 19.0. The van der Waals surface area contributed by atoms with E-state index in [0.29, 0.717) is 17.7 Å². The number of nitrogens with zero attached hydrogens (tertiary/aromatic N) is 4. The van der Waals surface area contributed by atoms with E-state index in [1.807, 2.05) is 28.8 Å². The van der Waals surface area contributed by atoms with Gasteiger partial charge < -0.3 is 16.4 Å². The SMILES string of the molecule is CC(C)CN1CCC(c2cc(-c3ccc(N)cc3)c3c(N)ncnn23)CC1. The van der Waals surface area contributed by atoms with Crippen molar-refractivity contribution in [3.63, 3.8) is 0 Å². The molecule has 1 aromatic carbocycles.